The Bertz CT molecular complexity index is 519. The van der Waals surface area contributed by atoms with E-state index in [0.29, 0.717) is 11.4 Å². The van der Waals surface area contributed by atoms with Gasteiger partial charge in [0.05, 0.1) is 5.25 Å². The Hall–Kier alpha value is -0.650. The van der Waals surface area contributed by atoms with Gasteiger partial charge in [0.25, 0.3) is 0 Å². The van der Waals surface area contributed by atoms with Crippen molar-refractivity contribution in [3.05, 3.63) is 34.6 Å². The Morgan fingerprint density at radius 3 is 2.50 bits per heavy atom. The number of nitrogens with one attached hydrogen (secondary N) is 1. The monoisotopic (exact) mass is 293 g/mol. The lowest BCUT2D eigenvalue weighted by Gasteiger charge is -2.22. The van der Waals surface area contributed by atoms with Gasteiger partial charge in [-0.3, -0.25) is 0 Å². The maximum absolute atomic E-state index is 12.9. The van der Waals surface area contributed by atoms with Crippen LogP contribution in [0.2, 0.25) is 5.02 Å². The molecule has 0 aliphatic carbocycles. The van der Waals surface area contributed by atoms with Gasteiger partial charge in [-0.25, -0.2) is 12.8 Å². The number of hydrogen-bond acceptors (Lipinski definition) is 3. The lowest BCUT2D eigenvalue weighted by atomic mass is 10.0. The highest BCUT2D eigenvalue weighted by molar-refractivity contribution is 7.91. The molecule has 18 heavy (non-hydrogen) atoms. The van der Waals surface area contributed by atoms with Gasteiger partial charge < -0.3 is 5.32 Å². The number of hydrogen-bond donors (Lipinski definition) is 1. The molecular weight excluding hydrogens is 277 g/mol. The first-order chi connectivity index (χ1) is 8.25. The summed E-state index contributed by atoms with van der Waals surface area (Å²) in [6.07, 6.45) is 1.64. The number of likely N-dealkylation sites (N-methyl/N-ethyl adjacent to an activating group) is 1. The first kappa shape index (κ1) is 15.4. The molecule has 0 spiro atoms. The SMILES string of the molecule is CNC(Cc1ccc(F)cc1Cl)C(C)S(C)(=O)=O. The lowest BCUT2D eigenvalue weighted by Crippen LogP contribution is -2.42. The summed E-state index contributed by atoms with van der Waals surface area (Å²) in [6, 6.07) is 3.87. The fourth-order valence-electron chi connectivity index (χ4n) is 1.73. The molecule has 0 bridgehead atoms. The maximum Gasteiger partial charge on any atom is 0.151 e. The van der Waals surface area contributed by atoms with Crippen LogP contribution >= 0.6 is 11.6 Å². The van der Waals surface area contributed by atoms with E-state index in [1.165, 1.54) is 18.4 Å². The van der Waals surface area contributed by atoms with E-state index in [-0.39, 0.29) is 6.04 Å². The molecule has 0 fully saturated rings. The molecule has 1 aromatic carbocycles. The average molecular weight is 294 g/mol. The molecular formula is C12H17ClFNO2S. The number of sulfone groups is 1. The van der Waals surface area contributed by atoms with Crippen LogP contribution in [0.5, 0.6) is 0 Å². The van der Waals surface area contributed by atoms with Gasteiger partial charge in [-0.05, 0) is 38.1 Å². The average Bonchev–Trinajstić information content (AvgIpc) is 2.26. The molecule has 2 unspecified atom stereocenters. The van der Waals surface area contributed by atoms with Crippen molar-refractivity contribution in [2.24, 2.45) is 0 Å². The molecule has 0 heterocycles. The molecule has 1 rings (SSSR count). The summed E-state index contributed by atoms with van der Waals surface area (Å²) in [5.41, 5.74) is 0.730. The van der Waals surface area contributed by atoms with Gasteiger partial charge in [0.15, 0.2) is 9.84 Å². The minimum absolute atomic E-state index is 0.261. The molecule has 1 aromatic rings. The molecule has 0 aliphatic rings. The van der Waals surface area contributed by atoms with Crippen LogP contribution in [0, 0.1) is 5.82 Å². The predicted molar refractivity (Wildman–Crippen MR) is 72.3 cm³/mol. The minimum atomic E-state index is -3.13. The molecule has 6 heteroatoms. The smallest absolute Gasteiger partial charge is 0.151 e. The summed E-state index contributed by atoms with van der Waals surface area (Å²) in [4.78, 5) is 0. The zero-order valence-corrected chi connectivity index (χ0v) is 12.1. The molecule has 0 saturated carbocycles. The summed E-state index contributed by atoms with van der Waals surface area (Å²) >= 11 is 5.93. The van der Waals surface area contributed by atoms with Crippen LogP contribution in [0.25, 0.3) is 0 Å². The van der Waals surface area contributed by atoms with Crippen LogP contribution in [-0.4, -0.2) is 33.0 Å². The van der Waals surface area contributed by atoms with Gasteiger partial charge in [0.1, 0.15) is 5.82 Å². The van der Waals surface area contributed by atoms with Crippen molar-refractivity contribution < 1.29 is 12.8 Å². The van der Waals surface area contributed by atoms with E-state index < -0.39 is 20.9 Å². The van der Waals surface area contributed by atoms with E-state index in [1.54, 1.807) is 20.0 Å². The Labute approximate surface area is 112 Å². The summed E-state index contributed by atoms with van der Waals surface area (Å²) in [6.45, 7) is 1.65. The fraction of sp³-hybridized carbons (Fsp3) is 0.500. The van der Waals surface area contributed by atoms with Crippen molar-refractivity contribution in [1.29, 1.82) is 0 Å². The first-order valence-corrected chi connectivity index (χ1v) is 7.89. The molecule has 0 radical (unpaired) electrons. The van der Waals surface area contributed by atoms with Gasteiger partial charge in [-0.2, -0.15) is 0 Å². The van der Waals surface area contributed by atoms with Crippen molar-refractivity contribution in [2.45, 2.75) is 24.6 Å². The van der Waals surface area contributed by atoms with Crippen molar-refractivity contribution in [2.75, 3.05) is 13.3 Å². The summed E-state index contributed by atoms with van der Waals surface area (Å²) < 4.78 is 36.0. The molecule has 102 valence electrons. The topological polar surface area (TPSA) is 46.2 Å². The maximum atomic E-state index is 12.9. The van der Waals surface area contributed by atoms with E-state index in [0.717, 1.165) is 5.56 Å². The second-order valence-electron chi connectivity index (χ2n) is 4.37. The van der Waals surface area contributed by atoms with Crippen LogP contribution in [0.1, 0.15) is 12.5 Å². The molecule has 0 saturated heterocycles. The third-order valence-corrected chi connectivity index (χ3v) is 5.10. The number of benzene rings is 1. The van der Waals surface area contributed by atoms with E-state index in [1.807, 2.05) is 0 Å². The third-order valence-electron chi connectivity index (χ3n) is 3.07. The number of halogens is 2. The molecule has 2 atom stereocenters. The summed E-state index contributed by atoms with van der Waals surface area (Å²) in [5.74, 6) is -0.402. The van der Waals surface area contributed by atoms with Crippen LogP contribution in [0.3, 0.4) is 0 Å². The highest BCUT2D eigenvalue weighted by Crippen LogP contribution is 2.20. The Morgan fingerprint density at radius 2 is 2.06 bits per heavy atom. The Morgan fingerprint density at radius 1 is 1.44 bits per heavy atom. The Kier molecular flexibility index (Phi) is 5.13. The van der Waals surface area contributed by atoms with Crippen LogP contribution in [0.15, 0.2) is 18.2 Å². The van der Waals surface area contributed by atoms with Crippen molar-refractivity contribution in [1.82, 2.24) is 5.32 Å². The summed E-state index contributed by atoms with van der Waals surface area (Å²) in [5, 5.41) is 2.74. The van der Waals surface area contributed by atoms with Crippen molar-refractivity contribution in [3.8, 4) is 0 Å². The molecule has 0 aromatic heterocycles. The highest BCUT2D eigenvalue weighted by atomic mass is 35.5. The number of rotatable bonds is 5. The van der Waals surface area contributed by atoms with Gasteiger partial charge in [-0.15, -0.1) is 0 Å². The fourth-order valence-corrected chi connectivity index (χ4v) is 2.80. The van der Waals surface area contributed by atoms with Gasteiger partial charge in [0.2, 0.25) is 0 Å². The molecule has 0 aliphatic heterocycles. The van der Waals surface area contributed by atoms with E-state index in [9.17, 15) is 12.8 Å². The lowest BCUT2D eigenvalue weighted by molar-refractivity contribution is 0.516. The van der Waals surface area contributed by atoms with E-state index in [4.69, 9.17) is 11.6 Å². The third kappa shape index (κ3) is 3.93. The second kappa shape index (κ2) is 5.99. The first-order valence-electron chi connectivity index (χ1n) is 5.55. The zero-order chi connectivity index (χ0) is 13.9. The predicted octanol–water partition coefficient (Wildman–Crippen LogP) is 2.04. The van der Waals surface area contributed by atoms with Gasteiger partial charge >= 0.3 is 0 Å². The zero-order valence-electron chi connectivity index (χ0n) is 10.6. The summed E-state index contributed by atoms with van der Waals surface area (Å²) in [7, 11) is -1.44. The molecule has 3 nitrogen and oxygen atoms in total. The van der Waals surface area contributed by atoms with Crippen LogP contribution < -0.4 is 5.32 Å². The van der Waals surface area contributed by atoms with E-state index >= 15 is 0 Å². The molecule has 0 amide bonds. The van der Waals surface area contributed by atoms with Crippen LogP contribution in [-0.2, 0) is 16.3 Å². The largest absolute Gasteiger partial charge is 0.315 e. The second-order valence-corrected chi connectivity index (χ2v) is 7.18. The standard InChI is InChI=1S/C12H17ClFNO2S/c1-8(18(3,16)17)12(15-2)6-9-4-5-10(14)7-11(9)13/h4-5,7-8,12,15H,6H2,1-3H3. The Balaban J connectivity index is 2.93. The highest BCUT2D eigenvalue weighted by Gasteiger charge is 2.25. The van der Waals surface area contributed by atoms with Crippen molar-refractivity contribution >= 4 is 21.4 Å². The van der Waals surface area contributed by atoms with Crippen molar-refractivity contribution in [3.63, 3.8) is 0 Å². The quantitative estimate of drug-likeness (QED) is 0.904. The van der Waals surface area contributed by atoms with E-state index in [2.05, 4.69) is 5.32 Å². The molecule has 1 N–H and O–H groups in total. The van der Waals surface area contributed by atoms with Crippen LogP contribution in [0.4, 0.5) is 4.39 Å². The minimum Gasteiger partial charge on any atom is -0.315 e. The van der Waals surface area contributed by atoms with Gasteiger partial charge in [0, 0.05) is 17.3 Å². The van der Waals surface area contributed by atoms with Gasteiger partial charge in [-0.1, -0.05) is 17.7 Å². The normalized spacial score (nSPS) is 15.4.